The zero-order valence-electron chi connectivity index (χ0n) is 14.0. The summed E-state index contributed by atoms with van der Waals surface area (Å²) in [7, 11) is 0. The van der Waals surface area contributed by atoms with E-state index in [4.69, 9.17) is 0 Å². The van der Waals surface area contributed by atoms with E-state index in [1.165, 1.54) is 5.56 Å². The number of aromatic nitrogens is 3. The highest BCUT2D eigenvalue weighted by Gasteiger charge is 2.11. The van der Waals surface area contributed by atoms with Crippen molar-refractivity contribution < 1.29 is 4.79 Å². The number of carbonyl (C=O) groups excluding carboxylic acids is 1. The summed E-state index contributed by atoms with van der Waals surface area (Å²) in [5.74, 6) is -0.0395. The van der Waals surface area contributed by atoms with Crippen molar-refractivity contribution in [3.05, 3.63) is 59.0 Å². The Kier molecular flexibility index (Phi) is 4.76. The molecular weight excluding hydrogens is 320 g/mol. The summed E-state index contributed by atoms with van der Waals surface area (Å²) in [5, 5.41) is 5.88. The van der Waals surface area contributed by atoms with E-state index in [1.807, 2.05) is 44.5 Å². The van der Waals surface area contributed by atoms with Crippen LogP contribution in [-0.4, -0.2) is 20.4 Å². The lowest BCUT2D eigenvalue weighted by Gasteiger charge is -2.14. The number of hydrogen-bond acceptors (Lipinski definition) is 4. The third-order valence-corrected chi connectivity index (χ3v) is 4.74. The Hall–Kier alpha value is -2.47. The number of amides is 1. The first-order chi connectivity index (χ1) is 11.5. The van der Waals surface area contributed by atoms with Gasteiger partial charge in [-0.3, -0.25) is 4.79 Å². The fraction of sp³-hybridized carbons (Fsp3) is 0.278. The number of thiazole rings is 1. The van der Waals surface area contributed by atoms with Crippen LogP contribution in [0.4, 0.5) is 0 Å². The maximum absolute atomic E-state index is 12.2. The molecule has 0 aliphatic rings. The van der Waals surface area contributed by atoms with Crippen LogP contribution in [0.1, 0.15) is 29.8 Å². The lowest BCUT2D eigenvalue weighted by Crippen LogP contribution is -2.29. The van der Waals surface area contributed by atoms with Gasteiger partial charge in [0.25, 0.3) is 0 Å². The Labute approximate surface area is 145 Å². The Bertz CT molecular complexity index is 835. The van der Waals surface area contributed by atoms with Crippen LogP contribution in [-0.2, 0) is 11.3 Å². The molecule has 3 rings (SSSR count). The smallest absolute Gasteiger partial charge is 0.240 e. The van der Waals surface area contributed by atoms with Crippen molar-refractivity contribution >= 4 is 17.2 Å². The molecule has 0 bridgehead atoms. The summed E-state index contributed by atoms with van der Waals surface area (Å²) in [6.45, 7) is 6.23. The molecular formula is C18H20N4OS. The molecule has 1 atom stereocenters. The Morgan fingerprint density at radius 3 is 2.71 bits per heavy atom. The van der Waals surface area contributed by atoms with Crippen LogP contribution in [0, 0.1) is 13.8 Å². The molecule has 1 aromatic carbocycles. The predicted molar refractivity (Wildman–Crippen MR) is 95.8 cm³/mol. The van der Waals surface area contributed by atoms with Crippen molar-refractivity contribution in [2.45, 2.75) is 33.4 Å². The van der Waals surface area contributed by atoms with E-state index in [0.717, 1.165) is 22.0 Å². The van der Waals surface area contributed by atoms with Crippen molar-refractivity contribution in [3.8, 4) is 10.7 Å². The van der Waals surface area contributed by atoms with Gasteiger partial charge < -0.3 is 9.88 Å². The van der Waals surface area contributed by atoms with Crippen LogP contribution in [0.15, 0.2) is 42.2 Å². The molecule has 1 amide bonds. The zero-order valence-corrected chi connectivity index (χ0v) is 14.8. The third-order valence-electron chi connectivity index (χ3n) is 3.75. The van der Waals surface area contributed by atoms with Gasteiger partial charge >= 0.3 is 0 Å². The summed E-state index contributed by atoms with van der Waals surface area (Å²) in [6.07, 6.45) is 3.52. The molecule has 6 heteroatoms. The summed E-state index contributed by atoms with van der Waals surface area (Å²) >= 11 is 1.56. The van der Waals surface area contributed by atoms with Crippen molar-refractivity contribution in [1.29, 1.82) is 0 Å². The van der Waals surface area contributed by atoms with Gasteiger partial charge in [-0.1, -0.05) is 29.8 Å². The van der Waals surface area contributed by atoms with Crippen molar-refractivity contribution in [2.24, 2.45) is 0 Å². The van der Waals surface area contributed by atoms with Crippen LogP contribution in [0.5, 0.6) is 0 Å². The Morgan fingerprint density at radius 1 is 1.29 bits per heavy atom. The fourth-order valence-electron chi connectivity index (χ4n) is 2.42. The average Bonchev–Trinajstić information content (AvgIpc) is 3.16. The topological polar surface area (TPSA) is 59.8 Å². The van der Waals surface area contributed by atoms with Gasteiger partial charge in [0.15, 0.2) is 0 Å². The van der Waals surface area contributed by atoms with Crippen molar-refractivity contribution in [1.82, 2.24) is 19.9 Å². The summed E-state index contributed by atoms with van der Waals surface area (Å²) in [6, 6.07) is 8.16. The van der Waals surface area contributed by atoms with E-state index >= 15 is 0 Å². The molecule has 3 aromatic rings. The van der Waals surface area contributed by atoms with Crippen LogP contribution < -0.4 is 5.32 Å². The van der Waals surface area contributed by atoms with Gasteiger partial charge in [-0.25, -0.2) is 9.97 Å². The molecule has 24 heavy (non-hydrogen) atoms. The minimum atomic E-state index is -0.0395. The fourth-order valence-corrected chi connectivity index (χ4v) is 3.18. The van der Waals surface area contributed by atoms with Crippen LogP contribution in [0.3, 0.4) is 0 Å². The van der Waals surface area contributed by atoms with Crippen LogP contribution >= 0.6 is 11.3 Å². The van der Waals surface area contributed by atoms with E-state index in [2.05, 4.69) is 27.4 Å². The number of hydrogen-bond donors (Lipinski definition) is 1. The third kappa shape index (κ3) is 3.89. The van der Waals surface area contributed by atoms with Crippen molar-refractivity contribution in [2.75, 3.05) is 0 Å². The van der Waals surface area contributed by atoms with Gasteiger partial charge in [-0.05, 0) is 26.3 Å². The molecule has 1 N–H and O–H groups in total. The maximum atomic E-state index is 12.2. The number of carbonyl (C=O) groups is 1. The molecule has 0 saturated carbocycles. The van der Waals surface area contributed by atoms with Crippen LogP contribution in [0.25, 0.3) is 10.7 Å². The van der Waals surface area contributed by atoms with Gasteiger partial charge in [0.1, 0.15) is 17.2 Å². The number of benzene rings is 1. The summed E-state index contributed by atoms with van der Waals surface area (Å²) in [5.41, 5.74) is 4.08. The zero-order chi connectivity index (χ0) is 17.1. The van der Waals surface area contributed by atoms with E-state index in [1.54, 1.807) is 22.2 Å². The van der Waals surface area contributed by atoms with Crippen molar-refractivity contribution in [3.63, 3.8) is 0 Å². The largest absolute Gasteiger partial charge is 0.348 e. The van der Waals surface area contributed by atoms with E-state index in [-0.39, 0.29) is 18.5 Å². The molecule has 2 heterocycles. The molecule has 0 aliphatic heterocycles. The molecule has 124 valence electrons. The van der Waals surface area contributed by atoms with E-state index in [9.17, 15) is 4.79 Å². The second-order valence-electron chi connectivity index (χ2n) is 5.93. The molecule has 0 aliphatic carbocycles. The lowest BCUT2D eigenvalue weighted by atomic mass is 10.1. The predicted octanol–water partition coefficient (Wildman–Crippen LogP) is 3.50. The molecule has 2 aromatic heterocycles. The molecule has 0 fully saturated rings. The maximum Gasteiger partial charge on any atom is 0.240 e. The molecule has 0 saturated heterocycles. The molecule has 1 unspecified atom stereocenters. The summed E-state index contributed by atoms with van der Waals surface area (Å²) in [4.78, 5) is 21.0. The first-order valence-corrected chi connectivity index (χ1v) is 8.69. The Morgan fingerprint density at radius 2 is 2.04 bits per heavy atom. The van der Waals surface area contributed by atoms with Gasteiger partial charge in [0.2, 0.25) is 5.91 Å². The second-order valence-corrected chi connectivity index (χ2v) is 6.78. The van der Waals surface area contributed by atoms with Gasteiger partial charge in [-0.2, -0.15) is 0 Å². The van der Waals surface area contributed by atoms with Crippen LogP contribution in [0.2, 0.25) is 0 Å². The number of nitrogens with one attached hydrogen (secondary N) is 1. The number of nitrogens with zero attached hydrogens (tertiary/aromatic N) is 3. The average molecular weight is 340 g/mol. The lowest BCUT2D eigenvalue weighted by molar-refractivity contribution is -0.122. The van der Waals surface area contributed by atoms with E-state index < -0.39 is 0 Å². The second kappa shape index (κ2) is 6.97. The highest BCUT2D eigenvalue weighted by atomic mass is 32.1. The minimum absolute atomic E-state index is 0.0253. The van der Waals surface area contributed by atoms with Gasteiger partial charge in [0, 0.05) is 17.3 Å². The highest BCUT2D eigenvalue weighted by Crippen LogP contribution is 2.21. The minimum Gasteiger partial charge on any atom is -0.348 e. The monoisotopic (exact) mass is 340 g/mol. The first kappa shape index (κ1) is 16.4. The van der Waals surface area contributed by atoms with E-state index in [0.29, 0.717) is 0 Å². The van der Waals surface area contributed by atoms with Gasteiger partial charge in [0.05, 0.1) is 12.4 Å². The number of aryl methyl sites for hydroxylation is 2. The number of imidazole rings is 1. The highest BCUT2D eigenvalue weighted by molar-refractivity contribution is 7.13. The SMILES string of the molecule is Cc1ccc(C(C)NC(=O)Cn2cnc(-c3nc(C)cs3)c2)cc1. The first-order valence-electron chi connectivity index (χ1n) is 7.81. The molecule has 5 nitrogen and oxygen atoms in total. The summed E-state index contributed by atoms with van der Waals surface area (Å²) < 4.78 is 1.78. The molecule has 0 radical (unpaired) electrons. The molecule has 0 spiro atoms. The number of rotatable bonds is 5. The normalized spacial score (nSPS) is 12.1. The van der Waals surface area contributed by atoms with Gasteiger partial charge in [-0.15, -0.1) is 11.3 Å². The standard InChI is InChI=1S/C18H20N4OS/c1-12-4-6-15(7-5-12)14(3)21-17(23)9-22-8-16(19-11-22)18-20-13(2)10-24-18/h4-8,10-11,14H,9H2,1-3H3,(H,21,23). The quantitative estimate of drug-likeness (QED) is 0.773. The Balaban J connectivity index is 1.60.